The molecule has 2 N–H and O–H groups in total. The molecule has 9 nitrogen and oxygen atoms in total. The lowest BCUT2D eigenvalue weighted by Gasteiger charge is -2.26. The van der Waals surface area contributed by atoms with Crippen molar-refractivity contribution in [2.24, 2.45) is 24.3 Å². The zero-order valence-electron chi connectivity index (χ0n) is 15.2. The third-order valence-corrected chi connectivity index (χ3v) is 5.35. The number of aryl methyl sites for hydroxylation is 1. The molecule has 3 heterocycles. The zero-order valence-corrected chi connectivity index (χ0v) is 15.2. The number of carbonyl (C=O) groups excluding carboxylic acids is 1. The van der Waals surface area contributed by atoms with Crippen LogP contribution in [0.4, 0.5) is 0 Å². The Labute approximate surface area is 150 Å². The molecule has 26 heavy (non-hydrogen) atoms. The molecule has 2 fully saturated rings. The quantitative estimate of drug-likeness (QED) is 0.722. The van der Waals surface area contributed by atoms with Crippen molar-refractivity contribution < 1.29 is 14.7 Å². The van der Waals surface area contributed by atoms with Crippen LogP contribution < -0.4 is 11.2 Å². The fraction of sp³-hybridized carbons (Fsp3) is 0.647. The van der Waals surface area contributed by atoms with Gasteiger partial charge in [0.05, 0.1) is 0 Å². The maximum atomic E-state index is 12.8. The van der Waals surface area contributed by atoms with Crippen LogP contribution in [0.3, 0.4) is 0 Å². The van der Waals surface area contributed by atoms with E-state index in [2.05, 4.69) is 23.7 Å². The van der Waals surface area contributed by atoms with E-state index < -0.39 is 28.5 Å². The topological polar surface area (TPSA) is 116 Å². The van der Waals surface area contributed by atoms with Crippen molar-refractivity contribution in [3.05, 3.63) is 32.6 Å². The van der Waals surface area contributed by atoms with Gasteiger partial charge in [0, 0.05) is 51.9 Å². The molecule has 1 aromatic heterocycles. The first-order valence-electron chi connectivity index (χ1n) is 8.69. The Morgan fingerprint density at radius 3 is 2.58 bits per heavy atom. The van der Waals surface area contributed by atoms with Crippen LogP contribution in [0.15, 0.2) is 15.8 Å². The standard InChI is InChI=1S/C17H24N4O5/c1-10(2)4-20-5-11-6-21(9-17(11,8-20)15(24)25)14(23)12-7-19(3)16(26)18-13(12)22/h7,10-11H,4-6,8-9H2,1-3H3,(H,24,25)(H,18,22,26)/t11-,17-/m1/s1. The number of H-pyrrole nitrogens is 1. The number of nitrogens with one attached hydrogen (secondary N) is 1. The van der Waals surface area contributed by atoms with E-state index in [-0.39, 0.29) is 18.0 Å². The van der Waals surface area contributed by atoms with Crippen LogP contribution in [0.2, 0.25) is 0 Å². The first kappa shape index (κ1) is 18.4. The van der Waals surface area contributed by atoms with Crippen molar-refractivity contribution in [2.45, 2.75) is 13.8 Å². The average molecular weight is 364 g/mol. The fourth-order valence-corrected chi connectivity index (χ4v) is 4.17. The van der Waals surface area contributed by atoms with Crippen LogP contribution in [-0.4, -0.2) is 69.1 Å². The van der Waals surface area contributed by atoms with Crippen LogP contribution in [0.5, 0.6) is 0 Å². The first-order valence-corrected chi connectivity index (χ1v) is 8.69. The number of nitrogens with zero attached hydrogens (tertiary/aromatic N) is 3. The summed E-state index contributed by atoms with van der Waals surface area (Å²) in [7, 11) is 1.44. The van der Waals surface area contributed by atoms with Crippen molar-refractivity contribution in [2.75, 3.05) is 32.7 Å². The number of likely N-dealkylation sites (tertiary alicyclic amines) is 2. The summed E-state index contributed by atoms with van der Waals surface area (Å²) >= 11 is 0. The van der Waals surface area contributed by atoms with Gasteiger partial charge in [-0.1, -0.05) is 13.8 Å². The van der Waals surface area contributed by atoms with E-state index in [0.717, 1.165) is 11.1 Å². The Bertz CT molecular complexity index is 857. The van der Waals surface area contributed by atoms with Crippen LogP contribution in [0.25, 0.3) is 0 Å². The Hall–Kier alpha value is -2.42. The highest BCUT2D eigenvalue weighted by Gasteiger charge is 2.58. The van der Waals surface area contributed by atoms with Gasteiger partial charge in [-0.15, -0.1) is 0 Å². The number of amides is 1. The molecule has 9 heteroatoms. The third kappa shape index (κ3) is 2.96. The summed E-state index contributed by atoms with van der Waals surface area (Å²) in [4.78, 5) is 53.9. The highest BCUT2D eigenvalue weighted by Crippen LogP contribution is 2.43. The first-order chi connectivity index (χ1) is 12.1. The van der Waals surface area contributed by atoms with Gasteiger partial charge >= 0.3 is 11.7 Å². The van der Waals surface area contributed by atoms with Crippen LogP contribution in [0.1, 0.15) is 24.2 Å². The Balaban J connectivity index is 1.85. The number of aromatic amines is 1. The van der Waals surface area contributed by atoms with Crippen molar-refractivity contribution in [1.29, 1.82) is 0 Å². The monoisotopic (exact) mass is 364 g/mol. The summed E-state index contributed by atoms with van der Waals surface area (Å²) in [6, 6.07) is 0. The minimum Gasteiger partial charge on any atom is -0.481 e. The van der Waals surface area contributed by atoms with Gasteiger partial charge in [-0.05, 0) is 5.92 Å². The van der Waals surface area contributed by atoms with Gasteiger partial charge in [-0.25, -0.2) is 4.79 Å². The highest BCUT2D eigenvalue weighted by molar-refractivity contribution is 5.94. The van der Waals surface area contributed by atoms with E-state index in [1.165, 1.54) is 18.1 Å². The lowest BCUT2D eigenvalue weighted by atomic mass is 9.81. The van der Waals surface area contributed by atoms with Crippen LogP contribution in [0, 0.1) is 17.3 Å². The summed E-state index contributed by atoms with van der Waals surface area (Å²) in [6.07, 6.45) is 1.20. The molecule has 0 bridgehead atoms. The predicted molar refractivity (Wildman–Crippen MR) is 93.0 cm³/mol. The number of hydrogen-bond acceptors (Lipinski definition) is 5. The van der Waals surface area contributed by atoms with Gasteiger partial charge in [0.1, 0.15) is 11.0 Å². The lowest BCUT2D eigenvalue weighted by molar-refractivity contribution is -0.148. The molecule has 0 unspecified atom stereocenters. The molecule has 0 radical (unpaired) electrons. The number of aliphatic carboxylic acids is 1. The Kier molecular flexibility index (Phi) is 4.51. The summed E-state index contributed by atoms with van der Waals surface area (Å²) < 4.78 is 1.13. The van der Waals surface area contributed by atoms with Gasteiger partial charge in [0.2, 0.25) is 0 Å². The summed E-state index contributed by atoms with van der Waals surface area (Å²) in [5.41, 5.74) is -2.50. The van der Waals surface area contributed by atoms with Crippen molar-refractivity contribution >= 4 is 11.9 Å². The van der Waals surface area contributed by atoms with E-state index in [0.29, 0.717) is 25.6 Å². The molecule has 2 aliphatic heterocycles. The molecular weight excluding hydrogens is 340 g/mol. The van der Waals surface area contributed by atoms with Gasteiger partial charge in [0.15, 0.2) is 0 Å². The minimum absolute atomic E-state index is 0.0721. The highest BCUT2D eigenvalue weighted by atomic mass is 16.4. The molecular formula is C17H24N4O5. The summed E-state index contributed by atoms with van der Waals surface area (Å²) in [5.74, 6) is -1.18. The second kappa shape index (κ2) is 6.39. The van der Waals surface area contributed by atoms with E-state index in [9.17, 15) is 24.3 Å². The van der Waals surface area contributed by atoms with Gasteiger partial charge in [-0.3, -0.25) is 19.4 Å². The van der Waals surface area contributed by atoms with Crippen molar-refractivity contribution in [3.8, 4) is 0 Å². The zero-order chi connectivity index (χ0) is 19.2. The molecule has 0 saturated carbocycles. The maximum absolute atomic E-state index is 12.8. The second-order valence-electron chi connectivity index (χ2n) is 7.84. The number of rotatable bonds is 4. The smallest absolute Gasteiger partial charge is 0.328 e. The normalized spacial score (nSPS) is 25.7. The molecule has 2 aliphatic rings. The summed E-state index contributed by atoms with van der Waals surface area (Å²) in [5, 5.41) is 9.85. The number of aromatic nitrogens is 2. The van der Waals surface area contributed by atoms with Crippen molar-refractivity contribution in [1.82, 2.24) is 19.4 Å². The number of carbonyl (C=O) groups is 2. The molecule has 142 valence electrons. The van der Waals surface area contributed by atoms with E-state index in [1.807, 2.05) is 0 Å². The van der Waals surface area contributed by atoms with Crippen LogP contribution in [-0.2, 0) is 11.8 Å². The van der Waals surface area contributed by atoms with E-state index >= 15 is 0 Å². The van der Waals surface area contributed by atoms with E-state index in [4.69, 9.17) is 0 Å². The van der Waals surface area contributed by atoms with Gasteiger partial charge in [0.25, 0.3) is 11.5 Å². The number of carboxylic acids is 1. The number of carboxylic acid groups (broad SMARTS) is 1. The van der Waals surface area contributed by atoms with Crippen LogP contribution >= 0.6 is 0 Å². The molecule has 3 rings (SSSR count). The maximum Gasteiger partial charge on any atom is 0.328 e. The van der Waals surface area contributed by atoms with Crippen molar-refractivity contribution in [3.63, 3.8) is 0 Å². The molecule has 2 saturated heterocycles. The SMILES string of the molecule is CC(C)CN1C[C@@H]2CN(C(=O)c3cn(C)c(=O)[nH]c3=O)C[C@]2(C(=O)O)C1. The second-order valence-corrected chi connectivity index (χ2v) is 7.84. The van der Waals surface area contributed by atoms with Gasteiger partial charge in [-0.2, -0.15) is 0 Å². The minimum atomic E-state index is -1.00. The Morgan fingerprint density at radius 2 is 2.00 bits per heavy atom. The lowest BCUT2D eigenvalue weighted by Crippen LogP contribution is -2.43. The average Bonchev–Trinajstić information content (AvgIpc) is 3.04. The fourth-order valence-electron chi connectivity index (χ4n) is 4.17. The Morgan fingerprint density at radius 1 is 1.31 bits per heavy atom. The molecule has 0 aromatic carbocycles. The third-order valence-electron chi connectivity index (χ3n) is 5.35. The number of fused-ring (bicyclic) bond motifs is 1. The molecule has 2 atom stereocenters. The summed E-state index contributed by atoms with van der Waals surface area (Å²) in [6.45, 7) is 6.38. The predicted octanol–water partition coefficient (Wildman–Crippen LogP) is -0.812. The molecule has 0 spiro atoms. The number of hydrogen-bond donors (Lipinski definition) is 2. The molecule has 1 aromatic rings. The van der Waals surface area contributed by atoms with Gasteiger partial charge < -0.3 is 19.5 Å². The van der Waals surface area contributed by atoms with E-state index in [1.54, 1.807) is 0 Å². The molecule has 0 aliphatic carbocycles. The largest absolute Gasteiger partial charge is 0.481 e. The molecule has 1 amide bonds.